The normalized spacial score (nSPS) is 14.0. The number of benzene rings is 1. The van der Waals surface area contributed by atoms with Crippen molar-refractivity contribution in [2.45, 2.75) is 6.04 Å². The maximum absolute atomic E-state index is 10.7. The van der Waals surface area contributed by atoms with Crippen molar-refractivity contribution in [3.8, 4) is 11.5 Å². The fourth-order valence-corrected chi connectivity index (χ4v) is 1.69. The molecule has 0 aromatic heterocycles. The zero-order valence-corrected chi connectivity index (χ0v) is 10.3. The molecule has 9 nitrogen and oxygen atoms in total. The largest absolute Gasteiger partial charge is 0.479 e. The number of ether oxygens (including phenoxy) is 2. The first-order chi connectivity index (χ1) is 9.56. The van der Waals surface area contributed by atoms with E-state index in [2.05, 4.69) is 5.48 Å². The summed E-state index contributed by atoms with van der Waals surface area (Å²) in [5.41, 5.74) is 2.91. The summed E-state index contributed by atoms with van der Waals surface area (Å²) in [4.78, 5) is 25.2. The molecule has 1 unspecified atom stereocenters. The van der Waals surface area contributed by atoms with Gasteiger partial charge in [0.25, 0.3) is 0 Å². The molecule has 1 aliphatic heterocycles. The van der Waals surface area contributed by atoms with Gasteiger partial charge in [-0.05, 0) is 17.7 Å². The van der Waals surface area contributed by atoms with Crippen LogP contribution in [0.3, 0.4) is 0 Å². The monoisotopic (exact) mass is 284 g/mol. The van der Waals surface area contributed by atoms with Gasteiger partial charge in [-0.2, -0.15) is 5.48 Å². The highest BCUT2D eigenvalue weighted by molar-refractivity contribution is 5.67. The summed E-state index contributed by atoms with van der Waals surface area (Å²) in [6.07, 6.45) is 0. The molecule has 0 saturated heterocycles. The van der Waals surface area contributed by atoms with Crippen LogP contribution in [0.25, 0.3) is 0 Å². The molecule has 9 heteroatoms. The Morgan fingerprint density at radius 2 is 2.25 bits per heavy atom. The van der Waals surface area contributed by atoms with Crippen molar-refractivity contribution < 1.29 is 29.1 Å². The van der Waals surface area contributed by atoms with Crippen LogP contribution in [0.5, 0.6) is 11.5 Å². The number of rotatable bonds is 7. The Morgan fingerprint density at radius 1 is 1.50 bits per heavy atom. The second-order valence-corrected chi connectivity index (χ2v) is 3.98. The van der Waals surface area contributed by atoms with E-state index in [-0.39, 0.29) is 6.79 Å². The van der Waals surface area contributed by atoms with Crippen LogP contribution >= 0.6 is 0 Å². The molecule has 0 spiro atoms. The number of aliphatic carboxylic acids is 1. The minimum atomic E-state index is -1.18. The summed E-state index contributed by atoms with van der Waals surface area (Å²) in [7, 11) is 0. The molecule has 1 aromatic carbocycles. The molecule has 1 heterocycles. The van der Waals surface area contributed by atoms with Gasteiger partial charge in [0, 0.05) is 4.92 Å². The van der Waals surface area contributed by atoms with E-state index in [1.807, 2.05) is 0 Å². The van der Waals surface area contributed by atoms with Crippen molar-refractivity contribution in [2.75, 3.05) is 19.9 Å². The molecule has 108 valence electrons. The third-order valence-corrected chi connectivity index (χ3v) is 2.55. The van der Waals surface area contributed by atoms with Gasteiger partial charge in [0.1, 0.15) is 6.04 Å². The molecule has 0 aliphatic carbocycles. The van der Waals surface area contributed by atoms with Gasteiger partial charge in [-0.15, -0.1) is 0 Å². The van der Waals surface area contributed by atoms with Crippen LogP contribution in [-0.4, -0.2) is 35.9 Å². The predicted octanol–water partition coefficient (Wildman–Crippen LogP) is 0.339. The summed E-state index contributed by atoms with van der Waals surface area (Å²) in [5.74, 6) is -0.140. The smallest absolute Gasteiger partial charge is 0.331 e. The maximum atomic E-state index is 10.7. The highest BCUT2D eigenvalue weighted by Crippen LogP contribution is 2.34. The van der Waals surface area contributed by atoms with Gasteiger partial charge in [0.15, 0.2) is 18.1 Å². The second kappa shape index (κ2) is 6.17. The number of carbonyl (C=O) groups is 1. The van der Waals surface area contributed by atoms with E-state index in [1.54, 1.807) is 18.2 Å². The lowest BCUT2D eigenvalue weighted by atomic mass is 10.1. The summed E-state index contributed by atoms with van der Waals surface area (Å²) >= 11 is 0. The number of nitro groups is 1. The molecule has 2 rings (SSSR count). The van der Waals surface area contributed by atoms with Gasteiger partial charge in [-0.3, -0.25) is 15.0 Å². The number of carboxylic acids is 1. The number of carboxylic acid groups (broad SMARTS) is 1. The predicted molar refractivity (Wildman–Crippen MR) is 63.9 cm³/mol. The standard InChI is InChI=1S/C11H12N2O7/c14-11(15)5-20-12-8(4-13(16)17)7-1-2-9-10(3-7)19-6-18-9/h1-3,8,12H,4-6H2,(H,14,15). The van der Waals surface area contributed by atoms with Gasteiger partial charge < -0.3 is 14.6 Å². The van der Waals surface area contributed by atoms with E-state index < -0.39 is 30.1 Å². The third-order valence-electron chi connectivity index (χ3n) is 2.55. The van der Waals surface area contributed by atoms with Gasteiger partial charge in [0.05, 0.1) is 0 Å². The molecule has 0 fully saturated rings. The lowest BCUT2D eigenvalue weighted by Gasteiger charge is -2.14. The zero-order valence-electron chi connectivity index (χ0n) is 10.3. The Balaban J connectivity index is 2.08. The molecule has 1 aromatic rings. The zero-order chi connectivity index (χ0) is 14.5. The van der Waals surface area contributed by atoms with Crippen molar-refractivity contribution in [2.24, 2.45) is 0 Å². The summed E-state index contributed by atoms with van der Waals surface area (Å²) in [5, 5.41) is 19.1. The number of fused-ring (bicyclic) bond motifs is 1. The SMILES string of the molecule is O=C(O)CONC(C[N+](=O)[O-])c1ccc2c(c1)OCO2. The highest BCUT2D eigenvalue weighted by atomic mass is 16.7. The van der Waals surface area contributed by atoms with Crippen LogP contribution in [-0.2, 0) is 9.63 Å². The van der Waals surface area contributed by atoms with Crippen LogP contribution in [0, 0.1) is 10.1 Å². The summed E-state index contributed by atoms with van der Waals surface area (Å²) in [6.45, 7) is -0.959. The molecule has 2 N–H and O–H groups in total. The lowest BCUT2D eigenvalue weighted by molar-refractivity contribution is -0.486. The van der Waals surface area contributed by atoms with Crippen LogP contribution in [0.4, 0.5) is 0 Å². The van der Waals surface area contributed by atoms with E-state index in [9.17, 15) is 14.9 Å². The van der Waals surface area contributed by atoms with Gasteiger partial charge in [-0.1, -0.05) is 6.07 Å². The molecule has 0 radical (unpaired) electrons. The first kappa shape index (κ1) is 14.0. The van der Waals surface area contributed by atoms with E-state index in [0.717, 1.165) is 0 Å². The maximum Gasteiger partial charge on any atom is 0.331 e. The Labute approximate surface area is 113 Å². The average Bonchev–Trinajstić information content (AvgIpc) is 2.83. The summed E-state index contributed by atoms with van der Waals surface area (Å²) in [6, 6.07) is 4.05. The van der Waals surface area contributed by atoms with Crippen molar-refractivity contribution in [1.29, 1.82) is 0 Å². The number of nitrogens with one attached hydrogen (secondary N) is 1. The molecule has 0 saturated carbocycles. The average molecular weight is 284 g/mol. The minimum Gasteiger partial charge on any atom is -0.479 e. The first-order valence-corrected chi connectivity index (χ1v) is 5.66. The number of nitrogens with zero attached hydrogens (tertiary/aromatic N) is 1. The molecular weight excluding hydrogens is 272 g/mol. The molecule has 1 aliphatic rings. The van der Waals surface area contributed by atoms with Gasteiger partial charge in [0.2, 0.25) is 13.3 Å². The molecule has 20 heavy (non-hydrogen) atoms. The van der Waals surface area contributed by atoms with Crippen LogP contribution < -0.4 is 15.0 Å². The minimum absolute atomic E-state index is 0.0988. The lowest BCUT2D eigenvalue weighted by Crippen LogP contribution is -2.29. The van der Waals surface area contributed by atoms with Crippen LogP contribution in [0.1, 0.15) is 11.6 Å². The third kappa shape index (κ3) is 3.56. The molecule has 0 amide bonds. The van der Waals surface area contributed by atoms with Crippen molar-refractivity contribution >= 4 is 5.97 Å². The fourth-order valence-electron chi connectivity index (χ4n) is 1.69. The van der Waals surface area contributed by atoms with Gasteiger partial charge >= 0.3 is 5.97 Å². The topological polar surface area (TPSA) is 120 Å². The molecule has 0 bridgehead atoms. The highest BCUT2D eigenvalue weighted by Gasteiger charge is 2.22. The molecule has 1 atom stereocenters. The number of hydrogen-bond donors (Lipinski definition) is 2. The van der Waals surface area contributed by atoms with Gasteiger partial charge in [-0.25, -0.2) is 4.79 Å². The van der Waals surface area contributed by atoms with E-state index in [0.29, 0.717) is 17.1 Å². The number of hydrogen-bond acceptors (Lipinski definition) is 7. The Bertz CT molecular complexity index is 519. The van der Waals surface area contributed by atoms with Crippen molar-refractivity contribution in [1.82, 2.24) is 5.48 Å². The Morgan fingerprint density at radius 3 is 2.95 bits per heavy atom. The second-order valence-electron chi connectivity index (χ2n) is 3.98. The van der Waals surface area contributed by atoms with E-state index >= 15 is 0 Å². The van der Waals surface area contributed by atoms with E-state index in [1.165, 1.54) is 0 Å². The van der Waals surface area contributed by atoms with E-state index in [4.69, 9.17) is 19.4 Å². The quantitative estimate of drug-likeness (QED) is 0.543. The van der Waals surface area contributed by atoms with Crippen molar-refractivity contribution in [3.05, 3.63) is 33.9 Å². The first-order valence-electron chi connectivity index (χ1n) is 5.66. The Hall–Kier alpha value is -2.39. The van der Waals surface area contributed by atoms with Crippen LogP contribution in [0.2, 0.25) is 0 Å². The van der Waals surface area contributed by atoms with Crippen LogP contribution in [0.15, 0.2) is 18.2 Å². The molecular formula is C11H12N2O7. The fraction of sp³-hybridized carbons (Fsp3) is 0.364. The summed E-state index contributed by atoms with van der Waals surface area (Å²) < 4.78 is 10.3. The van der Waals surface area contributed by atoms with Crippen molar-refractivity contribution in [3.63, 3.8) is 0 Å². The Kier molecular flexibility index (Phi) is 4.33. The number of hydroxylamine groups is 1.